The minimum Gasteiger partial charge on any atom is -0.298 e. The molecule has 5 nitrogen and oxygen atoms in total. The van der Waals surface area contributed by atoms with Crippen molar-refractivity contribution in [1.82, 2.24) is 4.90 Å². The molecule has 2 atom stereocenters. The highest BCUT2D eigenvalue weighted by Gasteiger charge is 2.36. The van der Waals surface area contributed by atoms with E-state index in [1.807, 2.05) is 18.2 Å². The van der Waals surface area contributed by atoms with E-state index in [0.717, 1.165) is 24.1 Å². The number of thiophene rings is 1. The molecule has 2 aromatic rings. The standard InChI is InChI=1S/C17H17BrN2O3S/c18-14-7-16(24-11-14)15-10-20(8-12-4-2-1-3-5-12)9-13(15)6-17(21)23-19-22/h1-5,7,11,13,15H,6,8-10H2. The normalized spacial score (nSPS) is 20.9. The van der Waals surface area contributed by atoms with E-state index in [1.165, 1.54) is 10.4 Å². The zero-order chi connectivity index (χ0) is 16.9. The van der Waals surface area contributed by atoms with Gasteiger partial charge in [-0.25, -0.2) is 4.79 Å². The maximum atomic E-state index is 11.7. The fourth-order valence-corrected chi connectivity index (χ4v) is 4.91. The molecule has 0 amide bonds. The second-order valence-corrected chi connectivity index (χ2v) is 7.81. The molecule has 0 radical (unpaired) electrons. The number of likely N-dealkylation sites (tertiary alicyclic amines) is 1. The first-order chi connectivity index (χ1) is 11.7. The third kappa shape index (κ3) is 4.28. The molecule has 0 saturated carbocycles. The average molecular weight is 409 g/mol. The quantitative estimate of drug-likeness (QED) is 0.526. The Hall–Kier alpha value is -1.57. The number of benzene rings is 1. The Bertz CT molecular complexity index is 707. The summed E-state index contributed by atoms with van der Waals surface area (Å²) in [4.78, 5) is 29.7. The van der Waals surface area contributed by atoms with E-state index >= 15 is 0 Å². The number of hydrogen-bond acceptors (Lipinski definition) is 6. The first-order valence-electron chi connectivity index (χ1n) is 7.68. The molecule has 7 heteroatoms. The van der Waals surface area contributed by atoms with Gasteiger partial charge in [-0.1, -0.05) is 30.3 Å². The summed E-state index contributed by atoms with van der Waals surface area (Å²) in [5.74, 6) is -0.185. The first kappa shape index (κ1) is 17.3. The fourth-order valence-electron chi connectivity index (χ4n) is 3.28. The van der Waals surface area contributed by atoms with Gasteiger partial charge in [0.05, 0.1) is 6.42 Å². The summed E-state index contributed by atoms with van der Waals surface area (Å²) in [5.41, 5.74) is 1.25. The molecule has 1 saturated heterocycles. The predicted molar refractivity (Wildman–Crippen MR) is 96.5 cm³/mol. The van der Waals surface area contributed by atoms with Crippen molar-refractivity contribution in [2.75, 3.05) is 13.1 Å². The molecule has 0 bridgehead atoms. The van der Waals surface area contributed by atoms with Crippen LogP contribution >= 0.6 is 27.3 Å². The lowest BCUT2D eigenvalue weighted by Gasteiger charge is -2.15. The van der Waals surface area contributed by atoms with E-state index in [1.54, 1.807) is 11.3 Å². The highest BCUT2D eigenvalue weighted by molar-refractivity contribution is 9.10. The molecule has 1 aliphatic rings. The lowest BCUT2D eigenvalue weighted by molar-refractivity contribution is -0.145. The van der Waals surface area contributed by atoms with E-state index in [-0.39, 0.29) is 18.3 Å². The monoisotopic (exact) mass is 408 g/mol. The van der Waals surface area contributed by atoms with Gasteiger partial charge in [-0.05, 0) is 33.5 Å². The minimum absolute atomic E-state index is 0.119. The zero-order valence-electron chi connectivity index (χ0n) is 12.9. The minimum atomic E-state index is -0.558. The van der Waals surface area contributed by atoms with Crippen LogP contribution in [0.4, 0.5) is 0 Å². The molecule has 3 rings (SSSR count). The third-order valence-corrected chi connectivity index (χ3v) is 6.11. The van der Waals surface area contributed by atoms with Crippen molar-refractivity contribution < 1.29 is 9.63 Å². The maximum absolute atomic E-state index is 11.7. The molecule has 1 aromatic carbocycles. The van der Waals surface area contributed by atoms with Crippen LogP contribution in [0.15, 0.2) is 51.6 Å². The fraction of sp³-hybridized carbons (Fsp3) is 0.353. The van der Waals surface area contributed by atoms with E-state index < -0.39 is 5.97 Å². The number of carbonyl (C=O) groups is 1. The predicted octanol–water partition coefficient (Wildman–Crippen LogP) is 4.34. The molecule has 1 aromatic heterocycles. The Kier molecular flexibility index (Phi) is 5.76. The molecular weight excluding hydrogens is 392 g/mol. The molecule has 1 aliphatic heterocycles. The number of hydrogen-bond donors (Lipinski definition) is 0. The van der Waals surface area contributed by atoms with Crippen molar-refractivity contribution in [3.8, 4) is 0 Å². The molecule has 24 heavy (non-hydrogen) atoms. The van der Waals surface area contributed by atoms with Crippen molar-refractivity contribution in [2.24, 2.45) is 11.3 Å². The summed E-state index contributed by atoms with van der Waals surface area (Å²) in [7, 11) is 0. The number of rotatable bonds is 6. The van der Waals surface area contributed by atoms with Crippen LogP contribution in [-0.4, -0.2) is 24.0 Å². The average Bonchev–Trinajstić information content (AvgIpc) is 3.15. The van der Waals surface area contributed by atoms with Crippen LogP contribution in [0, 0.1) is 10.8 Å². The van der Waals surface area contributed by atoms with Gasteiger partial charge in [0.1, 0.15) is 0 Å². The second-order valence-electron chi connectivity index (χ2n) is 5.96. The highest BCUT2D eigenvalue weighted by Crippen LogP contribution is 2.39. The summed E-state index contributed by atoms with van der Waals surface area (Å²) in [6.07, 6.45) is 0.206. The van der Waals surface area contributed by atoms with E-state index in [9.17, 15) is 9.70 Å². The van der Waals surface area contributed by atoms with Gasteiger partial charge in [0.2, 0.25) is 0 Å². The van der Waals surface area contributed by atoms with E-state index in [2.05, 4.69) is 54.6 Å². The third-order valence-electron chi connectivity index (χ3n) is 4.29. The van der Waals surface area contributed by atoms with Gasteiger partial charge in [0.15, 0.2) is 5.34 Å². The van der Waals surface area contributed by atoms with Crippen LogP contribution in [0.3, 0.4) is 0 Å². The number of carbonyl (C=O) groups excluding carboxylic acids is 1. The van der Waals surface area contributed by atoms with Gasteiger partial charge in [-0.15, -0.1) is 16.2 Å². The number of halogens is 1. The summed E-state index contributed by atoms with van der Waals surface area (Å²) in [5, 5.41) is 4.30. The van der Waals surface area contributed by atoms with Crippen molar-refractivity contribution in [3.05, 3.63) is 61.6 Å². The van der Waals surface area contributed by atoms with Gasteiger partial charge < -0.3 is 0 Å². The second kappa shape index (κ2) is 8.00. The Balaban J connectivity index is 1.73. The maximum Gasteiger partial charge on any atom is 0.338 e. The Morgan fingerprint density at radius 1 is 1.33 bits per heavy atom. The molecule has 2 unspecified atom stereocenters. The molecule has 0 spiro atoms. The Labute approximate surface area is 152 Å². The molecule has 0 N–H and O–H groups in total. The van der Waals surface area contributed by atoms with Crippen molar-refractivity contribution in [3.63, 3.8) is 0 Å². The highest BCUT2D eigenvalue weighted by atomic mass is 79.9. The lowest BCUT2D eigenvalue weighted by atomic mass is 9.92. The SMILES string of the molecule is O=NOC(=O)CC1CN(Cc2ccccc2)CC1c1cc(Br)cs1. The van der Waals surface area contributed by atoms with Crippen LogP contribution in [-0.2, 0) is 16.2 Å². The number of nitrogens with zero attached hydrogens (tertiary/aromatic N) is 2. The van der Waals surface area contributed by atoms with Gasteiger partial charge >= 0.3 is 5.97 Å². The van der Waals surface area contributed by atoms with Gasteiger partial charge in [0, 0.05) is 40.3 Å². The summed E-state index contributed by atoms with van der Waals surface area (Å²) >= 11 is 5.18. The summed E-state index contributed by atoms with van der Waals surface area (Å²) < 4.78 is 1.06. The summed E-state index contributed by atoms with van der Waals surface area (Å²) in [6, 6.07) is 12.4. The van der Waals surface area contributed by atoms with Gasteiger partial charge in [-0.3, -0.25) is 9.74 Å². The van der Waals surface area contributed by atoms with E-state index in [0.29, 0.717) is 0 Å². The van der Waals surface area contributed by atoms with Crippen molar-refractivity contribution in [2.45, 2.75) is 18.9 Å². The van der Waals surface area contributed by atoms with Crippen LogP contribution in [0.25, 0.3) is 0 Å². The molecule has 2 heterocycles. The lowest BCUT2D eigenvalue weighted by Crippen LogP contribution is -2.21. The van der Waals surface area contributed by atoms with Crippen LogP contribution < -0.4 is 0 Å². The van der Waals surface area contributed by atoms with Crippen molar-refractivity contribution >= 4 is 33.2 Å². The van der Waals surface area contributed by atoms with Gasteiger partial charge in [-0.2, -0.15) is 0 Å². The molecular formula is C17H17BrN2O3S. The van der Waals surface area contributed by atoms with Gasteiger partial charge in [0.25, 0.3) is 0 Å². The zero-order valence-corrected chi connectivity index (χ0v) is 15.3. The smallest absolute Gasteiger partial charge is 0.298 e. The Morgan fingerprint density at radius 2 is 2.12 bits per heavy atom. The topological polar surface area (TPSA) is 59.0 Å². The van der Waals surface area contributed by atoms with E-state index in [4.69, 9.17) is 0 Å². The summed E-state index contributed by atoms with van der Waals surface area (Å²) in [6.45, 7) is 2.53. The van der Waals surface area contributed by atoms with Crippen LogP contribution in [0.2, 0.25) is 0 Å². The van der Waals surface area contributed by atoms with Crippen molar-refractivity contribution in [1.29, 1.82) is 0 Å². The van der Waals surface area contributed by atoms with Crippen LogP contribution in [0.1, 0.15) is 22.8 Å². The first-order valence-corrected chi connectivity index (χ1v) is 9.35. The van der Waals surface area contributed by atoms with Crippen LogP contribution in [0.5, 0.6) is 0 Å². The Morgan fingerprint density at radius 3 is 2.79 bits per heavy atom. The molecule has 0 aliphatic carbocycles. The molecule has 1 fully saturated rings. The largest absolute Gasteiger partial charge is 0.338 e. The molecule has 126 valence electrons.